The summed E-state index contributed by atoms with van der Waals surface area (Å²) in [5.74, 6) is -1.76. The van der Waals surface area contributed by atoms with Gasteiger partial charge in [0.05, 0.1) is 22.8 Å². The molecule has 0 heterocycles. The molecule has 0 aliphatic rings. The molecule has 0 spiro atoms. The Balaban J connectivity index is 2.27. The zero-order chi connectivity index (χ0) is 19.1. The number of para-hydroxylation sites is 1. The number of hydrogen-bond acceptors (Lipinski definition) is 5. The first kappa shape index (κ1) is 18.9. The maximum Gasteiger partial charge on any atom is 0.337 e. The SMILES string of the molecule is CCCCOc1cc(C(=O)Nc2ccccc2C(=O)O)ccc1[N+](=O)[O-]. The van der Waals surface area contributed by atoms with Crippen LogP contribution in [0.15, 0.2) is 42.5 Å². The summed E-state index contributed by atoms with van der Waals surface area (Å²) >= 11 is 0. The molecule has 2 aromatic rings. The summed E-state index contributed by atoms with van der Waals surface area (Å²) in [6.07, 6.45) is 1.58. The zero-order valence-electron chi connectivity index (χ0n) is 14.1. The minimum absolute atomic E-state index is 0.00243. The fourth-order valence-corrected chi connectivity index (χ4v) is 2.22. The van der Waals surface area contributed by atoms with Crippen molar-refractivity contribution in [3.05, 3.63) is 63.7 Å². The van der Waals surface area contributed by atoms with Gasteiger partial charge in [-0.3, -0.25) is 14.9 Å². The molecule has 0 aliphatic heterocycles. The number of carbonyl (C=O) groups excluding carboxylic acids is 1. The number of nitrogens with one attached hydrogen (secondary N) is 1. The number of hydrogen-bond donors (Lipinski definition) is 2. The van der Waals surface area contributed by atoms with Crippen LogP contribution < -0.4 is 10.1 Å². The van der Waals surface area contributed by atoms with Gasteiger partial charge in [-0.2, -0.15) is 0 Å². The van der Waals surface area contributed by atoms with E-state index >= 15 is 0 Å². The quantitative estimate of drug-likeness (QED) is 0.422. The molecule has 0 saturated heterocycles. The minimum atomic E-state index is -1.17. The summed E-state index contributed by atoms with van der Waals surface area (Å²) in [6.45, 7) is 2.26. The molecule has 2 rings (SSSR count). The van der Waals surface area contributed by atoms with Crippen molar-refractivity contribution in [1.82, 2.24) is 0 Å². The molecule has 0 bridgehead atoms. The first-order valence-corrected chi connectivity index (χ1v) is 7.99. The molecule has 2 N–H and O–H groups in total. The molecule has 0 saturated carbocycles. The zero-order valence-corrected chi connectivity index (χ0v) is 14.1. The van der Waals surface area contributed by atoms with E-state index in [4.69, 9.17) is 9.84 Å². The van der Waals surface area contributed by atoms with Crippen LogP contribution in [-0.2, 0) is 0 Å². The van der Waals surface area contributed by atoms with Crippen LogP contribution in [0.1, 0.15) is 40.5 Å². The van der Waals surface area contributed by atoms with Gasteiger partial charge in [0.2, 0.25) is 0 Å². The number of nitrogens with zero attached hydrogens (tertiary/aromatic N) is 1. The fraction of sp³-hybridized carbons (Fsp3) is 0.222. The Bertz CT molecular complexity index is 834. The van der Waals surface area contributed by atoms with Gasteiger partial charge in [-0.05, 0) is 24.6 Å². The predicted molar refractivity (Wildman–Crippen MR) is 94.9 cm³/mol. The van der Waals surface area contributed by atoms with Gasteiger partial charge in [-0.1, -0.05) is 25.5 Å². The molecule has 136 valence electrons. The van der Waals surface area contributed by atoms with E-state index in [1.54, 1.807) is 12.1 Å². The van der Waals surface area contributed by atoms with Crippen LogP contribution >= 0.6 is 0 Å². The van der Waals surface area contributed by atoms with E-state index in [0.717, 1.165) is 12.8 Å². The Labute approximate surface area is 149 Å². The van der Waals surface area contributed by atoms with Crippen LogP contribution in [-0.4, -0.2) is 28.5 Å². The number of unbranched alkanes of at least 4 members (excludes halogenated alkanes) is 1. The van der Waals surface area contributed by atoms with Crippen LogP contribution in [0, 0.1) is 10.1 Å². The summed E-state index contributed by atoms with van der Waals surface area (Å²) < 4.78 is 5.43. The first-order chi connectivity index (χ1) is 12.4. The van der Waals surface area contributed by atoms with Crippen LogP contribution in [0.3, 0.4) is 0 Å². The molecular weight excluding hydrogens is 340 g/mol. The lowest BCUT2D eigenvalue weighted by Crippen LogP contribution is -2.15. The molecule has 0 fully saturated rings. The summed E-state index contributed by atoms with van der Waals surface area (Å²) in [4.78, 5) is 34.2. The number of rotatable bonds is 8. The summed E-state index contributed by atoms with van der Waals surface area (Å²) in [5.41, 5.74) is -0.0233. The van der Waals surface area contributed by atoms with E-state index in [9.17, 15) is 19.7 Å². The highest BCUT2D eigenvalue weighted by molar-refractivity contribution is 6.08. The third kappa shape index (κ3) is 4.56. The van der Waals surface area contributed by atoms with Crippen LogP contribution in [0.5, 0.6) is 5.75 Å². The number of carboxylic acid groups (broad SMARTS) is 1. The van der Waals surface area contributed by atoms with Gasteiger partial charge in [0.15, 0.2) is 5.75 Å². The van der Waals surface area contributed by atoms with Crippen molar-refractivity contribution in [3.63, 3.8) is 0 Å². The maximum absolute atomic E-state index is 12.4. The molecule has 0 radical (unpaired) electrons. The van der Waals surface area contributed by atoms with E-state index in [2.05, 4.69) is 5.32 Å². The number of anilines is 1. The van der Waals surface area contributed by atoms with Crippen molar-refractivity contribution in [1.29, 1.82) is 0 Å². The number of carboxylic acids is 1. The van der Waals surface area contributed by atoms with Crippen molar-refractivity contribution < 1.29 is 24.4 Å². The number of nitro groups is 1. The Morgan fingerprint density at radius 3 is 2.62 bits per heavy atom. The normalized spacial score (nSPS) is 10.2. The second kappa shape index (κ2) is 8.61. The van der Waals surface area contributed by atoms with E-state index in [-0.39, 0.29) is 28.3 Å². The lowest BCUT2D eigenvalue weighted by atomic mass is 10.1. The van der Waals surface area contributed by atoms with Gasteiger partial charge >= 0.3 is 11.7 Å². The van der Waals surface area contributed by atoms with Gasteiger partial charge in [-0.15, -0.1) is 0 Å². The number of aromatic carboxylic acids is 1. The molecular formula is C18H18N2O6. The molecule has 0 unspecified atom stereocenters. The smallest absolute Gasteiger partial charge is 0.337 e. The largest absolute Gasteiger partial charge is 0.487 e. The van der Waals surface area contributed by atoms with Gasteiger partial charge in [0.25, 0.3) is 5.91 Å². The molecule has 0 atom stereocenters. The number of ether oxygens (including phenoxy) is 1. The average Bonchev–Trinajstić information content (AvgIpc) is 2.62. The standard InChI is InChI=1S/C18H18N2O6/c1-2-3-10-26-16-11-12(8-9-15(16)20(24)25)17(21)19-14-7-5-4-6-13(14)18(22)23/h4-9,11H,2-3,10H2,1H3,(H,19,21)(H,22,23). The van der Waals surface area contributed by atoms with Crippen molar-refractivity contribution >= 4 is 23.3 Å². The molecule has 0 aromatic heterocycles. The van der Waals surface area contributed by atoms with Crippen molar-refractivity contribution in [2.75, 3.05) is 11.9 Å². The predicted octanol–water partition coefficient (Wildman–Crippen LogP) is 3.72. The van der Waals surface area contributed by atoms with E-state index in [1.165, 1.54) is 30.3 Å². The maximum atomic E-state index is 12.4. The highest BCUT2D eigenvalue weighted by Crippen LogP contribution is 2.29. The van der Waals surface area contributed by atoms with Crippen LogP contribution in [0.2, 0.25) is 0 Å². The van der Waals surface area contributed by atoms with Gasteiger partial charge in [0, 0.05) is 17.7 Å². The third-order valence-electron chi connectivity index (χ3n) is 3.58. The lowest BCUT2D eigenvalue weighted by Gasteiger charge is -2.10. The highest BCUT2D eigenvalue weighted by Gasteiger charge is 2.19. The topological polar surface area (TPSA) is 119 Å². The van der Waals surface area contributed by atoms with Gasteiger partial charge in [0.1, 0.15) is 0 Å². The number of amides is 1. The lowest BCUT2D eigenvalue weighted by molar-refractivity contribution is -0.385. The average molecular weight is 358 g/mol. The summed E-state index contributed by atoms with van der Waals surface area (Å²) in [5, 5.41) is 22.8. The number of nitro benzene ring substituents is 1. The molecule has 1 amide bonds. The van der Waals surface area contributed by atoms with Gasteiger partial charge < -0.3 is 15.2 Å². The Kier molecular flexibility index (Phi) is 6.26. The van der Waals surface area contributed by atoms with Crippen molar-refractivity contribution in [2.24, 2.45) is 0 Å². The Morgan fingerprint density at radius 1 is 1.23 bits per heavy atom. The number of benzene rings is 2. The summed E-state index contributed by atoms with van der Waals surface area (Å²) in [7, 11) is 0. The molecule has 26 heavy (non-hydrogen) atoms. The Hall–Kier alpha value is -3.42. The molecule has 0 aliphatic carbocycles. The summed E-state index contributed by atoms with van der Waals surface area (Å²) in [6, 6.07) is 9.75. The molecule has 8 nitrogen and oxygen atoms in total. The second-order valence-electron chi connectivity index (χ2n) is 5.45. The van der Waals surface area contributed by atoms with Gasteiger partial charge in [-0.25, -0.2) is 4.79 Å². The van der Waals surface area contributed by atoms with Crippen molar-refractivity contribution in [3.8, 4) is 5.75 Å². The number of carbonyl (C=O) groups is 2. The van der Waals surface area contributed by atoms with Crippen LogP contribution in [0.25, 0.3) is 0 Å². The second-order valence-corrected chi connectivity index (χ2v) is 5.45. The highest BCUT2D eigenvalue weighted by atomic mass is 16.6. The first-order valence-electron chi connectivity index (χ1n) is 7.99. The van der Waals surface area contributed by atoms with Crippen LogP contribution in [0.4, 0.5) is 11.4 Å². The monoisotopic (exact) mass is 358 g/mol. The minimum Gasteiger partial charge on any atom is -0.487 e. The van der Waals surface area contributed by atoms with E-state index < -0.39 is 16.8 Å². The van der Waals surface area contributed by atoms with Crippen molar-refractivity contribution in [2.45, 2.75) is 19.8 Å². The third-order valence-corrected chi connectivity index (χ3v) is 3.58. The molecule has 8 heteroatoms. The Morgan fingerprint density at radius 2 is 1.96 bits per heavy atom. The fourth-order valence-electron chi connectivity index (χ4n) is 2.22. The molecule has 2 aromatic carbocycles. The van der Waals surface area contributed by atoms with E-state index in [0.29, 0.717) is 6.61 Å². The van der Waals surface area contributed by atoms with E-state index in [1.807, 2.05) is 6.92 Å².